The van der Waals surface area contributed by atoms with Crippen LogP contribution < -0.4 is 5.32 Å². The average Bonchev–Trinajstić information content (AvgIpc) is 2.11. The molecule has 0 spiro atoms. The van der Waals surface area contributed by atoms with Crippen LogP contribution in [0.3, 0.4) is 0 Å². The van der Waals surface area contributed by atoms with Crippen LogP contribution in [0.15, 0.2) is 12.1 Å². The van der Waals surface area contributed by atoms with Gasteiger partial charge >= 0.3 is 0 Å². The number of hydrogen-bond donors (Lipinski definition) is 2. The molecule has 70 valence electrons. The van der Waals surface area contributed by atoms with Gasteiger partial charge in [0.2, 0.25) is 0 Å². The molecule has 0 heterocycles. The predicted octanol–water partition coefficient (Wildman–Crippen LogP) is 1.94. The molecule has 0 unspecified atom stereocenters. The van der Waals surface area contributed by atoms with Crippen molar-refractivity contribution in [2.45, 2.75) is 13.8 Å². The third-order valence-corrected chi connectivity index (χ3v) is 1.87. The standard InChI is InChI=1S/C10H13NO2/c1-3-11-9-5-10(13)8(6-12)4-7(9)2/h4-6,11,13H,3H2,1-2H3. The molecule has 3 nitrogen and oxygen atoms in total. The van der Waals surface area contributed by atoms with Crippen molar-refractivity contribution >= 4 is 12.0 Å². The van der Waals surface area contributed by atoms with E-state index in [1.807, 2.05) is 13.8 Å². The van der Waals surface area contributed by atoms with Gasteiger partial charge in [0.15, 0.2) is 6.29 Å². The van der Waals surface area contributed by atoms with Gasteiger partial charge in [-0.15, -0.1) is 0 Å². The van der Waals surface area contributed by atoms with Crippen molar-refractivity contribution in [3.8, 4) is 5.75 Å². The quantitative estimate of drug-likeness (QED) is 0.697. The Morgan fingerprint density at radius 2 is 2.23 bits per heavy atom. The number of carbonyl (C=O) groups is 1. The molecule has 0 bridgehead atoms. The summed E-state index contributed by atoms with van der Waals surface area (Å²) in [6.45, 7) is 4.66. The summed E-state index contributed by atoms with van der Waals surface area (Å²) in [5.41, 5.74) is 2.16. The number of anilines is 1. The van der Waals surface area contributed by atoms with Gasteiger partial charge in [-0.3, -0.25) is 4.79 Å². The number of nitrogens with one attached hydrogen (secondary N) is 1. The zero-order chi connectivity index (χ0) is 9.84. The first-order chi connectivity index (χ1) is 6.19. The fraction of sp³-hybridized carbons (Fsp3) is 0.300. The molecule has 0 aliphatic rings. The number of benzene rings is 1. The lowest BCUT2D eigenvalue weighted by molar-refractivity contribution is 0.112. The van der Waals surface area contributed by atoms with Crippen LogP contribution >= 0.6 is 0 Å². The maximum absolute atomic E-state index is 10.5. The van der Waals surface area contributed by atoms with Gasteiger partial charge in [0.25, 0.3) is 0 Å². The first kappa shape index (κ1) is 9.58. The third-order valence-electron chi connectivity index (χ3n) is 1.87. The Kier molecular flexibility index (Phi) is 2.90. The molecule has 0 aromatic heterocycles. The lowest BCUT2D eigenvalue weighted by atomic mass is 10.1. The van der Waals surface area contributed by atoms with Crippen LogP contribution in [0.25, 0.3) is 0 Å². The average molecular weight is 179 g/mol. The second-order valence-electron chi connectivity index (χ2n) is 2.87. The highest BCUT2D eigenvalue weighted by molar-refractivity contribution is 5.81. The molecule has 2 N–H and O–H groups in total. The van der Waals surface area contributed by atoms with Crippen LogP contribution in [0.5, 0.6) is 5.75 Å². The monoisotopic (exact) mass is 179 g/mol. The van der Waals surface area contributed by atoms with E-state index in [2.05, 4.69) is 5.32 Å². The zero-order valence-corrected chi connectivity index (χ0v) is 7.79. The summed E-state index contributed by atoms with van der Waals surface area (Å²) in [5, 5.41) is 12.5. The largest absolute Gasteiger partial charge is 0.507 e. The van der Waals surface area contributed by atoms with Crippen LogP contribution in [0.2, 0.25) is 0 Å². The smallest absolute Gasteiger partial charge is 0.153 e. The molecule has 0 saturated carbocycles. The van der Waals surface area contributed by atoms with Crippen LogP contribution in [0.4, 0.5) is 5.69 Å². The van der Waals surface area contributed by atoms with Crippen molar-refractivity contribution in [1.82, 2.24) is 0 Å². The van der Waals surface area contributed by atoms with Crippen molar-refractivity contribution in [2.24, 2.45) is 0 Å². The Hall–Kier alpha value is -1.51. The van der Waals surface area contributed by atoms with Crippen molar-refractivity contribution in [3.05, 3.63) is 23.3 Å². The normalized spacial score (nSPS) is 9.69. The summed E-state index contributed by atoms with van der Waals surface area (Å²) in [4.78, 5) is 10.5. The SMILES string of the molecule is CCNc1cc(O)c(C=O)cc1C. The lowest BCUT2D eigenvalue weighted by Crippen LogP contribution is -1.99. The van der Waals surface area contributed by atoms with Gasteiger partial charge in [0.1, 0.15) is 5.75 Å². The maximum Gasteiger partial charge on any atom is 0.153 e. The van der Waals surface area contributed by atoms with Gasteiger partial charge in [-0.1, -0.05) is 0 Å². The number of rotatable bonds is 3. The van der Waals surface area contributed by atoms with Crippen molar-refractivity contribution in [2.75, 3.05) is 11.9 Å². The molecular formula is C10H13NO2. The number of aromatic hydroxyl groups is 1. The Morgan fingerprint density at radius 3 is 2.77 bits per heavy atom. The predicted molar refractivity (Wildman–Crippen MR) is 52.4 cm³/mol. The van der Waals surface area contributed by atoms with Crippen LogP contribution in [-0.4, -0.2) is 17.9 Å². The molecule has 1 aromatic carbocycles. The van der Waals surface area contributed by atoms with Gasteiger partial charge in [-0.05, 0) is 25.5 Å². The van der Waals surface area contributed by atoms with Gasteiger partial charge in [0, 0.05) is 18.3 Å². The van der Waals surface area contributed by atoms with E-state index in [1.165, 1.54) is 0 Å². The van der Waals surface area contributed by atoms with E-state index in [9.17, 15) is 9.90 Å². The second-order valence-corrected chi connectivity index (χ2v) is 2.87. The summed E-state index contributed by atoms with van der Waals surface area (Å²) in [7, 11) is 0. The number of carbonyl (C=O) groups excluding carboxylic acids is 1. The molecule has 0 aliphatic heterocycles. The highest BCUT2D eigenvalue weighted by Crippen LogP contribution is 2.24. The van der Waals surface area contributed by atoms with Gasteiger partial charge in [-0.25, -0.2) is 0 Å². The summed E-state index contributed by atoms with van der Waals surface area (Å²) in [6, 6.07) is 3.24. The van der Waals surface area contributed by atoms with Crippen LogP contribution in [0.1, 0.15) is 22.8 Å². The van der Waals surface area contributed by atoms with E-state index in [1.54, 1.807) is 12.1 Å². The molecule has 0 fully saturated rings. The summed E-state index contributed by atoms with van der Waals surface area (Å²) >= 11 is 0. The van der Waals surface area contributed by atoms with Gasteiger partial charge in [-0.2, -0.15) is 0 Å². The fourth-order valence-corrected chi connectivity index (χ4v) is 1.19. The van der Waals surface area contributed by atoms with E-state index in [-0.39, 0.29) is 5.75 Å². The number of hydrogen-bond acceptors (Lipinski definition) is 3. The third kappa shape index (κ3) is 1.99. The topological polar surface area (TPSA) is 49.3 Å². The molecule has 0 aliphatic carbocycles. The Bertz CT molecular complexity index is 321. The minimum absolute atomic E-state index is 0.0246. The van der Waals surface area contributed by atoms with Crippen molar-refractivity contribution in [1.29, 1.82) is 0 Å². The number of aldehydes is 1. The molecule has 0 radical (unpaired) electrons. The van der Waals surface area contributed by atoms with E-state index in [0.717, 1.165) is 17.8 Å². The van der Waals surface area contributed by atoms with Gasteiger partial charge < -0.3 is 10.4 Å². The Morgan fingerprint density at radius 1 is 1.54 bits per heavy atom. The Balaban J connectivity index is 3.12. The second kappa shape index (κ2) is 3.94. The first-order valence-corrected chi connectivity index (χ1v) is 4.21. The summed E-state index contributed by atoms with van der Waals surface area (Å²) in [5.74, 6) is 0.0246. The first-order valence-electron chi connectivity index (χ1n) is 4.21. The number of phenols is 1. The number of phenolic OH excluding ortho intramolecular Hbond substituents is 1. The highest BCUT2D eigenvalue weighted by Gasteiger charge is 2.04. The van der Waals surface area contributed by atoms with Crippen molar-refractivity contribution < 1.29 is 9.90 Å². The number of aryl methyl sites for hydroxylation is 1. The lowest BCUT2D eigenvalue weighted by Gasteiger charge is -2.08. The molecule has 1 aromatic rings. The van der Waals surface area contributed by atoms with E-state index >= 15 is 0 Å². The minimum atomic E-state index is 0.0246. The summed E-state index contributed by atoms with van der Waals surface area (Å²) < 4.78 is 0. The molecule has 0 atom stereocenters. The van der Waals surface area contributed by atoms with E-state index in [4.69, 9.17) is 0 Å². The molecule has 3 heteroatoms. The highest BCUT2D eigenvalue weighted by atomic mass is 16.3. The van der Waals surface area contributed by atoms with Crippen LogP contribution in [0, 0.1) is 6.92 Å². The molecule has 0 amide bonds. The molecule has 1 rings (SSSR count). The van der Waals surface area contributed by atoms with Gasteiger partial charge in [0.05, 0.1) is 5.56 Å². The minimum Gasteiger partial charge on any atom is -0.507 e. The molecular weight excluding hydrogens is 166 g/mol. The van der Waals surface area contributed by atoms with Crippen LogP contribution in [-0.2, 0) is 0 Å². The maximum atomic E-state index is 10.5. The van der Waals surface area contributed by atoms with E-state index in [0.29, 0.717) is 11.8 Å². The van der Waals surface area contributed by atoms with Crippen molar-refractivity contribution in [3.63, 3.8) is 0 Å². The van der Waals surface area contributed by atoms with E-state index < -0.39 is 0 Å². The molecule has 13 heavy (non-hydrogen) atoms. The fourth-order valence-electron chi connectivity index (χ4n) is 1.19. The zero-order valence-electron chi connectivity index (χ0n) is 7.79. The summed E-state index contributed by atoms with van der Waals surface area (Å²) in [6.07, 6.45) is 0.651. The molecule has 0 saturated heterocycles. The Labute approximate surface area is 77.4 Å².